The molecule has 0 aromatic carbocycles. The monoisotopic (exact) mass is 270 g/mol. The molecular weight excluding hydrogens is 248 g/mol. The van der Waals surface area contributed by atoms with Gasteiger partial charge in [-0.1, -0.05) is 6.92 Å². The summed E-state index contributed by atoms with van der Waals surface area (Å²) in [5.74, 6) is -0.897. The van der Waals surface area contributed by atoms with E-state index in [2.05, 4.69) is 5.32 Å². The Balaban J connectivity index is 2.27. The van der Waals surface area contributed by atoms with Gasteiger partial charge in [0, 0.05) is 31.8 Å². The van der Waals surface area contributed by atoms with Gasteiger partial charge in [0.2, 0.25) is 17.7 Å². The molecule has 6 nitrogen and oxygen atoms in total. The Bertz CT molecular complexity index is 373. The summed E-state index contributed by atoms with van der Waals surface area (Å²) in [6.07, 6.45) is 0.798. The molecule has 1 aliphatic heterocycles. The SMILES string of the molecule is CC1CC(=O)N(CCC(=O)NCCC(C)(C)O)C1=O. The lowest BCUT2D eigenvalue weighted by molar-refractivity contribution is -0.139. The van der Waals surface area contributed by atoms with Crippen LogP contribution in [0.1, 0.15) is 40.0 Å². The molecule has 0 bridgehead atoms. The summed E-state index contributed by atoms with van der Waals surface area (Å²) in [5.41, 5.74) is -0.816. The zero-order valence-corrected chi connectivity index (χ0v) is 11.7. The highest BCUT2D eigenvalue weighted by molar-refractivity contribution is 6.03. The van der Waals surface area contributed by atoms with Gasteiger partial charge in [-0.15, -0.1) is 0 Å². The van der Waals surface area contributed by atoms with Gasteiger partial charge in [0.1, 0.15) is 0 Å². The van der Waals surface area contributed by atoms with Crippen molar-refractivity contribution in [3.8, 4) is 0 Å². The maximum absolute atomic E-state index is 11.6. The summed E-state index contributed by atoms with van der Waals surface area (Å²) in [6.45, 7) is 5.56. The Morgan fingerprint density at radius 2 is 2.11 bits per heavy atom. The minimum absolute atomic E-state index is 0.107. The Kier molecular flexibility index (Phi) is 5.05. The molecule has 0 aromatic heterocycles. The van der Waals surface area contributed by atoms with Crippen molar-refractivity contribution < 1.29 is 19.5 Å². The van der Waals surface area contributed by atoms with Gasteiger partial charge in [-0.25, -0.2) is 0 Å². The van der Waals surface area contributed by atoms with Crippen LogP contribution in [-0.4, -0.2) is 46.4 Å². The quantitative estimate of drug-likeness (QED) is 0.668. The van der Waals surface area contributed by atoms with Crippen LogP contribution in [-0.2, 0) is 14.4 Å². The molecule has 1 fully saturated rings. The van der Waals surface area contributed by atoms with Crippen molar-refractivity contribution in [3.63, 3.8) is 0 Å². The van der Waals surface area contributed by atoms with Crippen LogP contribution in [0.3, 0.4) is 0 Å². The number of hydrogen-bond donors (Lipinski definition) is 2. The molecule has 1 saturated heterocycles. The lowest BCUT2D eigenvalue weighted by Gasteiger charge is -2.17. The number of amides is 3. The molecule has 1 rings (SSSR count). The number of imide groups is 1. The highest BCUT2D eigenvalue weighted by Crippen LogP contribution is 2.18. The van der Waals surface area contributed by atoms with E-state index in [1.165, 1.54) is 0 Å². The van der Waals surface area contributed by atoms with Crippen LogP contribution >= 0.6 is 0 Å². The number of carbonyl (C=O) groups excluding carboxylic acids is 3. The Morgan fingerprint density at radius 1 is 1.47 bits per heavy atom. The zero-order chi connectivity index (χ0) is 14.6. The highest BCUT2D eigenvalue weighted by Gasteiger charge is 2.35. The Labute approximate surface area is 113 Å². The molecule has 6 heteroatoms. The van der Waals surface area contributed by atoms with Gasteiger partial charge in [0.05, 0.1) is 5.60 Å². The first-order valence-electron chi connectivity index (χ1n) is 6.54. The number of rotatable bonds is 6. The Morgan fingerprint density at radius 3 is 2.58 bits per heavy atom. The van der Waals surface area contributed by atoms with Gasteiger partial charge in [-0.2, -0.15) is 0 Å². The number of nitrogens with one attached hydrogen (secondary N) is 1. The lowest BCUT2D eigenvalue weighted by Crippen LogP contribution is -2.36. The van der Waals surface area contributed by atoms with E-state index in [0.717, 1.165) is 4.90 Å². The molecule has 0 spiro atoms. The molecule has 1 heterocycles. The van der Waals surface area contributed by atoms with Crippen LogP contribution in [0.25, 0.3) is 0 Å². The summed E-state index contributed by atoms with van der Waals surface area (Å²) in [5, 5.41) is 12.1. The van der Waals surface area contributed by atoms with Crippen LogP contribution < -0.4 is 5.32 Å². The fraction of sp³-hybridized carbons (Fsp3) is 0.769. The average Bonchev–Trinajstić information content (AvgIpc) is 2.49. The van der Waals surface area contributed by atoms with Gasteiger partial charge in [0.25, 0.3) is 0 Å². The predicted molar refractivity (Wildman–Crippen MR) is 69.0 cm³/mol. The molecule has 3 amide bonds. The van der Waals surface area contributed by atoms with E-state index in [0.29, 0.717) is 13.0 Å². The number of likely N-dealkylation sites (tertiary alicyclic amines) is 1. The van der Waals surface area contributed by atoms with Gasteiger partial charge in [-0.05, 0) is 20.3 Å². The van der Waals surface area contributed by atoms with Crippen LogP contribution in [0.4, 0.5) is 0 Å². The normalized spacial score (nSPS) is 20.0. The van der Waals surface area contributed by atoms with E-state index in [-0.39, 0.29) is 43.0 Å². The summed E-state index contributed by atoms with van der Waals surface area (Å²) < 4.78 is 0. The van der Waals surface area contributed by atoms with E-state index < -0.39 is 5.60 Å². The van der Waals surface area contributed by atoms with Gasteiger partial charge >= 0.3 is 0 Å². The van der Waals surface area contributed by atoms with E-state index in [4.69, 9.17) is 0 Å². The van der Waals surface area contributed by atoms with Crippen molar-refractivity contribution in [2.75, 3.05) is 13.1 Å². The maximum atomic E-state index is 11.6. The predicted octanol–water partition coefficient (Wildman–Crippen LogP) is 0.0487. The van der Waals surface area contributed by atoms with Crippen molar-refractivity contribution in [2.45, 2.75) is 45.6 Å². The zero-order valence-electron chi connectivity index (χ0n) is 11.7. The molecule has 0 radical (unpaired) electrons. The largest absolute Gasteiger partial charge is 0.390 e. The van der Waals surface area contributed by atoms with Crippen molar-refractivity contribution in [3.05, 3.63) is 0 Å². The molecule has 19 heavy (non-hydrogen) atoms. The number of carbonyl (C=O) groups is 3. The minimum atomic E-state index is -0.816. The van der Waals surface area contributed by atoms with Gasteiger partial charge < -0.3 is 10.4 Å². The van der Waals surface area contributed by atoms with E-state index in [1.54, 1.807) is 20.8 Å². The fourth-order valence-electron chi connectivity index (χ4n) is 1.89. The highest BCUT2D eigenvalue weighted by atomic mass is 16.3. The maximum Gasteiger partial charge on any atom is 0.232 e. The van der Waals surface area contributed by atoms with Crippen LogP contribution in [0.2, 0.25) is 0 Å². The van der Waals surface area contributed by atoms with E-state index >= 15 is 0 Å². The van der Waals surface area contributed by atoms with Crippen molar-refractivity contribution >= 4 is 17.7 Å². The first kappa shape index (κ1) is 15.6. The number of hydrogen-bond acceptors (Lipinski definition) is 4. The molecule has 1 aliphatic rings. The standard InChI is InChI=1S/C13H22N2O4/c1-9-8-11(17)15(12(9)18)7-4-10(16)14-6-5-13(2,3)19/h9,19H,4-8H2,1-3H3,(H,14,16). The minimum Gasteiger partial charge on any atom is -0.390 e. The third kappa shape index (κ3) is 4.98. The first-order valence-corrected chi connectivity index (χ1v) is 6.54. The third-order valence-electron chi connectivity index (χ3n) is 3.09. The summed E-state index contributed by atoms with van der Waals surface area (Å²) >= 11 is 0. The second-order valence-corrected chi connectivity index (χ2v) is 5.65. The fourth-order valence-corrected chi connectivity index (χ4v) is 1.89. The first-order chi connectivity index (χ1) is 8.70. The molecule has 0 aliphatic carbocycles. The molecule has 2 N–H and O–H groups in total. The number of nitrogens with zero attached hydrogens (tertiary/aromatic N) is 1. The van der Waals surface area contributed by atoms with Crippen LogP contribution in [0.15, 0.2) is 0 Å². The van der Waals surface area contributed by atoms with E-state index in [1.807, 2.05) is 0 Å². The van der Waals surface area contributed by atoms with Gasteiger partial charge in [0.15, 0.2) is 0 Å². The molecular formula is C13H22N2O4. The molecule has 1 atom stereocenters. The Hall–Kier alpha value is -1.43. The smallest absolute Gasteiger partial charge is 0.232 e. The molecule has 108 valence electrons. The molecule has 1 unspecified atom stereocenters. The lowest BCUT2D eigenvalue weighted by atomic mass is 10.1. The van der Waals surface area contributed by atoms with Crippen molar-refractivity contribution in [1.29, 1.82) is 0 Å². The van der Waals surface area contributed by atoms with Crippen molar-refractivity contribution in [1.82, 2.24) is 10.2 Å². The van der Waals surface area contributed by atoms with Crippen molar-refractivity contribution in [2.24, 2.45) is 5.92 Å². The third-order valence-corrected chi connectivity index (χ3v) is 3.09. The van der Waals surface area contributed by atoms with E-state index in [9.17, 15) is 19.5 Å². The van der Waals surface area contributed by atoms with Crippen LogP contribution in [0.5, 0.6) is 0 Å². The second kappa shape index (κ2) is 6.14. The average molecular weight is 270 g/mol. The summed E-state index contributed by atoms with van der Waals surface area (Å²) in [6, 6.07) is 0. The number of aliphatic hydroxyl groups is 1. The second-order valence-electron chi connectivity index (χ2n) is 5.65. The van der Waals surface area contributed by atoms with Gasteiger partial charge in [-0.3, -0.25) is 19.3 Å². The topological polar surface area (TPSA) is 86.7 Å². The molecule has 0 aromatic rings. The van der Waals surface area contributed by atoms with Crippen LogP contribution in [0, 0.1) is 5.92 Å². The molecule has 0 saturated carbocycles. The summed E-state index contributed by atoms with van der Waals surface area (Å²) in [4.78, 5) is 35.8. The summed E-state index contributed by atoms with van der Waals surface area (Å²) in [7, 11) is 0.